The van der Waals surface area contributed by atoms with E-state index >= 15 is 0 Å². The molecule has 0 aliphatic carbocycles. The van der Waals surface area contributed by atoms with Crippen molar-refractivity contribution < 1.29 is 9.85 Å². The van der Waals surface area contributed by atoms with Gasteiger partial charge in [-0.2, -0.15) is 0 Å². The van der Waals surface area contributed by atoms with Gasteiger partial charge in [0.05, 0.1) is 14.3 Å². The Balaban J connectivity index is 3.49. The molecule has 0 bridgehead atoms. The summed E-state index contributed by atoms with van der Waals surface area (Å²) in [4.78, 5) is 19.6. The van der Waals surface area contributed by atoms with Crippen LogP contribution in [-0.4, -0.2) is 9.85 Å². The van der Waals surface area contributed by atoms with Gasteiger partial charge in [-0.15, -0.1) is 0 Å². The smallest absolute Gasteiger partial charge is 0.258 e. The van der Waals surface area contributed by atoms with Gasteiger partial charge < -0.3 is 0 Å². The molecule has 1 aromatic carbocycles. The average Bonchev–Trinajstić information content (AvgIpc) is 2.02. The molecule has 8 heteroatoms. The first-order valence-corrected chi connectivity index (χ1v) is 4.80. The van der Waals surface area contributed by atoms with Crippen LogP contribution in [-0.2, 0) is 0 Å². The molecule has 0 saturated heterocycles. The van der Waals surface area contributed by atoms with Crippen LogP contribution < -0.4 is 0 Å². The maximum atomic E-state index is 10.5. The minimum atomic E-state index is -0.693. The van der Waals surface area contributed by atoms with E-state index in [-0.39, 0.29) is 20.3 Å². The third-order valence-corrected chi connectivity index (χ3v) is 2.85. The van der Waals surface area contributed by atoms with Crippen LogP contribution in [0, 0.1) is 20.2 Å². The van der Waals surface area contributed by atoms with E-state index in [0.717, 1.165) is 0 Å². The van der Waals surface area contributed by atoms with E-state index in [1.165, 1.54) is 12.1 Å². The summed E-state index contributed by atoms with van der Waals surface area (Å²) in [6.07, 6.45) is 0. The van der Waals surface area contributed by atoms with Gasteiger partial charge in [0.1, 0.15) is 0 Å². The van der Waals surface area contributed by atoms with Crippen molar-refractivity contribution >= 4 is 43.2 Å². The number of benzene rings is 1. The number of rotatable bonds is 2. The summed E-state index contributed by atoms with van der Waals surface area (Å²) in [7, 11) is 0. The van der Waals surface area contributed by atoms with Crippen molar-refractivity contribution in [3.05, 3.63) is 41.3 Å². The lowest BCUT2D eigenvalue weighted by molar-refractivity contribution is -0.396. The fraction of sp³-hybridized carbons (Fsp3) is 0. The van der Waals surface area contributed by atoms with Gasteiger partial charge in [-0.1, -0.05) is 0 Å². The predicted molar refractivity (Wildman–Crippen MR) is 55.2 cm³/mol. The van der Waals surface area contributed by atoms with Gasteiger partial charge in [0.25, 0.3) is 5.69 Å². The number of nitro benzene ring substituents is 2. The molecule has 74 valence electrons. The van der Waals surface area contributed by atoms with Crippen LogP contribution in [0.1, 0.15) is 0 Å². The van der Waals surface area contributed by atoms with Crippen molar-refractivity contribution in [3.8, 4) is 0 Å². The van der Waals surface area contributed by atoms with Gasteiger partial charge in [-0.25, -0.2) is 0 Å². The third-order valence-electron chi connectivity index (χ3n) is 1.43. The largest absolute Gasteiger partial charge is 0.304 e. The molecule has 0 unspecified atom stereocenters. The molecule has 0 N–H and O–H groups in total. The molecule has 0 radical (unpaired) electrons. The van der Waals surface area contributed by atoms with E-state index < -0.39 is 9.85 Å². The maximum Gasteiger partial charge on any atom is 0.304 e. The summed E-state index contributed by atoms with van der Waals surface area (Å²) >= 11 is 5.76. The van der Waals surface area contributed by atoms with Crippen molar-refractivity contribution in [2.75, 3.05) is 0 Å². The van der Waals surface area contributed by atoms with Gasteiger partial charge >= 0.3 is 5.69 Å². The van der Waals surface area contributed by atoms with Gasteiger partial charge in [-0.3, -0.25) is 20.2 Å². The fourth-order valence-electron chi connectivity index (χ4n) is 0.839. The molecular formula is C6H2Br2N2O4. The van der Waals surface area contributed by atoms with Crippen LogP contribution in [0.25, 0.3) is 0 Å². The number of hydrogen-bond acceptors (Lipinski definition) is 4. The topological polar surface area (TPSA) is 86.3 Å². The first-order valence-electron chi connectivity index (χ1n) is 3.22. The van der Waals surface area contributed by atoms with Crippen molar-refractivity contribution in [2.24, 2.45) is 0 Å². The Labute approximate surface area is 94.5 Å². The summed E-state index contributed by atoms with van der Waals surface area (Å²) in [6.45, 7) is 0. The van der Waals surface area contributed by atoms with Crippen LogP contribution in [0.3, 0.4) is 0 Å². The van der Waals surface area contributed by atoms with Gasteiger partial charge in [0, 0.05) is 6.07 Å². The van der Waals surface area contributed by atoms with Crippen molar-refractivity contribution in [1.29, 1.82) is 0 Å². The minimum Gasteiger partial charge on any atom is -0.258 e. The molecule has 0 fully saturated rings. The monoisotopic (exact) mass is 324 g/mol. The third kappa shape index (κ3) is 1.90. The molecule has 0 saturated carbocycles. The quantitative estimate of drug-likeness (QED) is 0.617. The highest BCUT2D eigenvalue weighted by Gasteiger charge is 2.25. The first kappa shape index (κ1) is 11.1. The van der Waals surface area contributed by atoms with Crippen LogP contribution in [0.2, 0.25) is 0 Å². The summed E-state index contributed by atoms with van der Waals surface area (Å²) in [5.41, 5.74) is -0.681. The molecular weight excluding hydrogens is 324 g/mol. The van der Waals surface area contributed by atoms with E-state index in [1.54, 1.807) is 0 Å². The second kappa shape index (κ2) is 4.01. The Morgan fingerprint density at radius 1 is 1.07 bits per heavy atom. The molecule has 1 rings (SSSR count). The first-order chi connectivity index (χ1) is 6.45. The maximum absolute atomic E-state index is 10.5. The summed E-state index contributed by atoms with van der Waals surface area (Å²) in [6, 6.07) is 2.45. The number of hydrogen-bond donors (Lipinski definition) is 0. The zero-order chi connectivity index (χ0) is 10.9. The molecule has 0 heterocycles. The highest BCUT2D eigenvalue weighted by atomic mass is 79.9. The van der Waals surface area contributed by atoms with Gasteiger partial charge in [0.2, 0.25) is 0 Å². The van der Waals surface area contributed by atoms with E-state index in [2.05, 4.69) is 31.9 Å². The predicted octanol–water partition coefficient (Wildman–Crippen LogP) is 3.03. The molecule has 0 amide bonds. The molecule has 0 aromatic heterocycles. The van der Waals surface area contributed by atoms with Crippen molar-refractivity contribution in [2.45, 2.75) is 0 Å². The Morgan fingerprint density at radius 3 is 2.07 bits per heavy atom. The standard InChI is InChI=1S/C6H2Br2N2O4/c7-3-1-2-4(9(11)12)5(8)6(3)10(13)14/h1-2H. The lowest BCUT2D eigenvalue weighted by Gasteiger charge is -1.98. The normalized spacial score (nSPS) is 9.86. The van der Waals surface area contributed by atoms with E-state index in [0.29, 0.717) is 0 Å². The lowest BCUT2D eigenvalue weighted by atomic mass is 10.3. The van der Waals surface area contributed by atoms with E-state index in [1.807, 2.05) is 0 Å². The van der Waals surface area contributed by atoms with Gasteiger partial charge in [-0.05, 0) is 37.9 Å². The summed E-state index contributed by atoms with van der Waals surface area (Å²) < 4.78 is 0.0573. The molecule has 6 nitrogen and oxygen atoms in total. The van der Waals surface area contributed by atoms with E-state index in [4.69, 9.17) is 0 Å². The number of nitrogens with zero attached hydrogens (tertiary/aromatic N) is 2. The average molecular weight is 326 g/mol. The molecule has 0 aliphatic heterocycles. The summed E-state index contributed by atoms with van der Waals surface area (Å²) in [5.74, 6) is 0. The lowest BCUT2D eigenvalue weighted by Crippen LogP contribution is -1.95. The fourth-order valence-corrected chi connectivity index (χ4v) is 2.22. The molecule has 0 atom stereocenters. The Hall–Kier alpha value is -1.02. The number of nitro groups is 2. The highest BCUT2D eigenvalue weighted by Crippen LogP contribution is 2.39. The van der Waals surface area contributed by atoms with Crippen LogP contribution in [0.5, 0.6) is 0 Å². The van der Waals surface area contributed by atoms with Crippen LogP contribution >= 0.6 is 31.9 Å². The second-order valence-electron chi connectivity index (χ2n) is 2.24. The SMILES string of the molecule is O=[N+]([O-])c1ccc(Br)c([N+](=O)[O-])c1Br. The van der Waals surface area contributed by atoms with Gasteiger partial charge in [0.15, 0.2) is 4.47 Å². The number of halogens is 2. The Kier molecular flexibility index (Phi) is 3.17. The summed E-state index contributed by atoms with van der Waals surface area (Å²) in [5, 5.41) is 21.0. The van der Waals surface area contributed by atoms with Crippen LogP contribution in [0.4, 0.5) is 11.4 Å². The molecule has 14 heavy (non-hydrogen) atoms. The van der Waals surface area contributed by atoms with Crippen molar-refractivity contribution in [1.82, 2.24) is 0 Å². The highest BCUT2D eigenvalue weighted by molar-refractivity contribution is 9.11. The Bertz CT molecular complexity index is 421. The van der Waals surface area contributed by atoms with E-state index in [9.17, 15) is 20.2 Å². The molecule has 0 spiro atoms. The zero-order valence-corrected chi connectivity index (χ0v) is 9.61. The van der Waals surface area contributed by atoms with Crippen molar-refractivity contribution in [3.63, 3.8) is 0 Å². The molecule has 0 aliphatic rings. The molecule has 1 aromatic rings. The van der Waals surface area contributed by atoms with Crippen LogP contribution in [0.15, 0.2) is 21.1 Å². The zero-order valence-electron chi connectivity index (χ0n) is 6.44. The Morgan fingerprint density at radius 2 is 1.64 bits per heavy atom. The minimum absolute atomic E-state index is 0.137. The second-order valence-corrected chi connectivity index (χ2v) is 3.89.